The second-order valence-corrected chi connectivity index (χ2v) is 3.08. The lowest BCUT2D eigenvalue weighted by atomic mass is 10.2. The Kier molecular flexibility index (Phi) is 8.14. The zero-order chi connectivity index (χ0) is 9.23. The van der Waals surface area contributed by atoms with Crippen molar-refractivity contribution in [2.45, 2.75) is 39.2 Å². The van der Waals surface area contributed by atoms with E-state index in [0.717, 1.165) is 19.4 Å². The summed E-state index contributed by atoms with van der Waals surface area (Å²) < 4.78 is 0. The monoisotopic (exact) mass is 167 g/mol. The van der Waals surface area contributed by atoms with E-state index in [1.807, 2.05) is 6.08 Å². The first-order chi connectivity index (χ1) is 5.81. The molecule has 0 saturated carbocycles. The minimum absolute atomic E-state index is 0.619. The second kappa shape index (κ2) is 8.54. The number of allylic oxidation sites excluding steroid dienone is 2. The number of rotatable bonds is 7. The van der Waals surface area contributed by atoms with Gasteiger partial charge in [-0.15, -0.1) is 6.58 Å². The number of hydrogen-bond acceptors (Lipinski definition) is 1. The van der Waals surface area contributed by atoms with Crippen LogP contribution in [0.2, 0.25) is 0 Å². The lowest BCUT2D eigenvalue weighted by Crippen LogP contribution is -2.26. The van der Waals surface area contributed by atoms with Crippen LogP contribution in [0.4, 0.5) is 0 Å². The van der Waals surface area contributed by atoms with Gasteiger partial charge in [0.25, 0.3) is 0 Å². The molecule has 0 aliphatic carbocycles. The Bertz CT molecular complexity index is 127. The Morgan fingerprint density at radius 1 is 1.42 bits per heavy atom. The van der Waals surface area contributed by atoms with Crippen molar-refractivity contribution >= 4 is 0 Å². The van der Waals surface area contributed by atoms with Gasteiger partial charge >= 0.3 is 0 Å². The molecule has 0 bridgehead atoms. The third-order valence-corrected chi connectivity index (χ3v) is 1.84. The van der Waals surface area contributed by atoms with Crippen LogP contribution in [-0.2, 0) is 0 Å². The molecule has 0 fully saturated rings. The van der Waals surface area contributed by atoms with E-state index in [9.17, 15) is 0 Å². The van der Waals surface area contributed by atoms with Crippen molar-refractivity contribution in [2.24, 2.45) is 0 Å². The van der Waals surface area contributed by atoms with Gasteiger partial charge in [0, 0.05) is 6.04 Å². The smallest absolute Gasteiger partial charge is 0.00417 e. The third-order valence-electron chi connectivity index (χ3n) is 1.84. The van der Waals surface area contributed by atoms with E-state index in [1.54, 1.807) is 0 Å². The highest BCUT2D eigenvalue weighted by Gasteiger charge is 1.96. The fourth-order valence-corrected chi connectivity index (χ4v) is 1.05. The van der Waals surface area contributed by atoms with Crippen molar-refractivity contribution in [2.75, 3.05) is 6.54 Å². The first-order valence-electron chi connectivity index (χ1n) is 4.76. The molecule has 0 radical (unpaired) electrons. The van der Waals surface area contributed by atoms with E-state index >= 15 is 0 Å². The van der Waals surface area contributed by atoms with Crippen LogP contribution in [0.25, 0.3) is 0 Å². The summed E-state index contributed by atoms with van der Waals surface area (Å²) in [6.45, 7) is 9.07. The molecule has 0 aromatic rings. The molecule has 1 nitrogen and oxygen atoms in total. The fourth-order valence-electron chi connectivity index (χ4n) is 1.05. The second-order valence-electron chi connectivity index (χ2n) is 3.08. The summed E-state index contributed by atoms with van der Waals surface area (Å²) in [5.74, 6) is 0. The van der Waals surface area contributed by atoms with Crippen LogP contribution in [0, 0.1) is 0 Å². The zero-order valence-corrected chi connectivity index (χ0v) is 8.34. The largest absolute Gasteiger partial charge is 0.314 e. The molecule has 1 atom stereocenters. The predicted octanol–water partition coefficient (Wildman–Crippen LogP) is 2.90. The first-order valence-corrected chi connectivity index (χ1v) is 4.76. The average Bonchev–Trinajstić information content (AvgIpc) is 2.09. The summed E-state index contributed by atoms with van der Waals surface area (Å²) in [6.07, 6.45) is 9.69. The van der Waals surface area contributed by atoms with Crippen LogP contribution in [-0.4, -0.2) is 12.6 Å². The van der Waals surface area contributed by atoms with Crippen molar-refractivity contribution < 1.29 is 0 Å². The van der Waals surface area contributed by atoms with Crippen LogP contribution in [0.3, 0.4) is 0 Å². The van der Waals surface area contributed by atoms with E-state index in [2.05, 4.69) is 37.9 Å². The highest BCUT2D eigenvalue weighted by Crippen LogP contribution is 1.96. The van der Waals surface area contributed by atoms with Crippen LogP contribution < -0.4 is 5.32 Å². The molecule has 0 heterocycles. The van der Waals surface area contributed by atoms with Crippen molar-refractivity contribution in [3.8, 4) is 0 Å². The SMILES string of the molecule is C=CCCC(C)NCC/C=C/C. The molecule has 0 spiro atoms. The Labute approximate surface area is 76.6 Å². The number of hydrogen-bond donors (Lipinski definition) is 1. The third kappa shape index (κ3) is 7.55. The summed E-state index contributed by atoms with van der Waals surface area (Å²) >= 11 is 0. The van der Waals surface area contributed by atoms with Gasteiger partial charge < -0.3 is 5.32 Å². The van der Waals surface area contributed by atoms with Gasteiger partial charge in [0.15, 0.2) is 0 Å². The Balaban J connectivity index is 3.18. The van der Waals surface area contributed by atoms with E-state index in [0.29, 0.717) is 6.04 Å². The van der Waals surface area contributed by atoms with Gasteiger partial charge in [0.1, 0.15) is 0 Å². The maximum absolute atomic E-state index is 3.70. The maximum atomic E-state index is 3.70. The molecule has 70 valence electrons. The van der Waals surface area contributed by atoms with Crippen LogP contribution in [0.15, 0.2) is 24.8 Å². The fraction of sp³-hybridized carbons (Fsp3) is 0.636. The molecule has 0 saturated heterocycles. The Morgan fingerprint density at radius 3 is 2.75 bits per heavy atom. The molecular weight excluding hydrogens is 146 g/mol. The molecule has 0 amide bonds. The van der Waals surface area contributed by atoms with E-state index in [-0.39, 0.29) is 0 Å². The van der Waals surface area contributed by atoms with Gasteiger partial charge in [-0.2, -0.15) is 0 Å². The summed E-state index contributed by atoms with van der Waals surface area (Å²) in [5.41, 5.74) is 0. The van der Waals surface area contributed by atoms with Crippen molar-refractivity contribution in [3.63, 3.8) is 0 Å². The van der Waals surface area contributed by atoms with Crippen molar-refractivity contribution in [1.29, 1.82) is 0 Å². The zero-order valence-electron chi connectivity index (χ0n) is 8.34. The molecule has 0 rings (SSSR count). The topological polar surface area (TPSA) is 12.0 Å². The normalized spacial score (nSPS) is 13.5. The summed E-state index contributed by atoms with van der Waals surface area (Å²) in [6, 6.07) is 0.619. The first kappa shape index (κ1) is 11.4. The van der Waals surface area contributed by atoms with Crippen LogP contribution in [0.1, 0.15) is 33.1 Å². The minimum Gasteiger partial charge on any atom is -0.314 e. The van der Waals surface area contributed by atoms with E-state index < -0.39 is 0 Å². The van der Waals surface area contributed by atoms with Gasteiger partial charge in [-0.3, -0.25) is 0 Å². The quantitative estimate of drug-likeness (QED) is 0.454. The van der Waals surface area contributed by atoms with Gasteiger partial charge in [0.05, 0.1) is 0 Å². The summed E-state index contributed by atoms with van der Waals surface area (Å²) in [4.78, 5) is 0. The van der Waals surface area contributed by atoms with E-state index in [4.69, 9.17) is 0 Å². The standard InChI is InChI=1S/C11H21N/c1-4-6-8-10-12-11(3)9-7-5-2/h4-6,11-12H,2,7-10H2,1,3H3/b6-4+. The van der Waals surface area contributed by atoms with Crippen LogP contribution >= 0.6 is 0 Å². The Morgan fingerprint density at radius 2 is 2.17 bits per heavy atom. The lowest BCUT2D eigenvalue weighted by molar-refractivity contribution is 0.524. The molecule has 0 aromatic heterocycles. The lowest BCUT2D eigenvalue weighted by Gasteiger charge is -2.10. The molecule has 0 aliphatic heterocycles. The van der Waals surface area contributed by atoms with Gasteiger partial charge in [-0.25, -0.2) is 0 Å². The molecule has 0 aliphatic rings. The predicted molar refractivity (Wildman–Crippen MR) is 56.3 cm³/mol. The Hall–Kier alpha value is -0.560. The van der Waals surface area contributed by atoms with Crippen LogP contribution in [0.5, 0.6) is 0 Å². The minimum atomic E-state index is 0.619. The number of nitrogens with one attached hydrogen (secondary N) is 1. The van der Waals surface area contributed by atoms with Crippen molar-refractivity contribution in [1.82, 2.24) is 5.32 Å². The molecule has 12 heavy (non-hydrogen) atoms. The summed E-state index contributed by atoms with van der Waals surface area (Å²) in [7, 11) is 0. The molecule has 1 heteroatoms. The highest BCUT2D eigenvalue weighted by molar-refractivity contribution is 4.78. The molecular formula is C11H21N. The molecule has 0 aromatic carbocycles. The van der Waals surface area contributed by atoms with Gasteiger partial charge in [-0.1, -0.05) is 18.2 Å². The molecule has 1 N–H and O–H groups in total. The average molecular weight is 167 g/mol. The molecule has 1 unspecified atom stereocenters. The van der Waals surface area contributed by atoms with Gasteiger partial charge in [-0.05, 0) is 39.7 Å². The maximum Gasteiger partial charge on any atom is 0.00417 e. The summed E-state index contributed by atoms with van der Waals surface area (Å²) in [5, 5.41) is 3.45. The highest BCUT2D eigenvalue weighted by atomic mass is 14.9. The van der Waals surface area contributed by atoms with E-state index in [1.165, 1.54) is 6.42 Å². The van der Waals surface area contributed by atoms with Gasteiger partial charge in [0.2, 0.25) is 0 Å². The van der Waals surface area contributed by atoms with Crippen molar-refractivity contribution in [3.05, 3.63) is 24.8 Å².